The highest BCUT2D eigenvalue weighted by molar-refractivity contribution is 5.95. The lowest BCUT2D eigenvalue weighted by atomic mass is 10.1. The quantitative estimate of drug-likeness (QED) is 0.824. The van der Waals surface area contributed by atoms with Crippen LogP contribution in [0.4, 0.5) is 14.5 Å². The minimum Gasteiger partial charge on any atom is -0.396 e. The minimum atomic E-state index is -0.884. The van der Waals surface area contributed by atoms with E-state index < -0.39 is 17.5 Å². The molecule has 94 valence electrons. The van der Waals surface area contributed by atoms with Gasteiger partial charge in [-0.3, -0.25) is 4.79 Å². The molecule has 2 N–H and O–H groups in total. The molecule has 0 radical (unpaired) electrons. The van der Waals surface area contributed by atoms with Gasteiger partial charge in [-0.2, -0.15) is 0 Å². The third kappa shape index (κ3) is 3.15. The van der Waals surface area contributed by atoms with Gasteiger partial charge >= 0.3 is 0 Å². The van der Waals surface area contributed by atoms with Crippen LogP contribution in [0.15, 0.2) is 12.1 Å². The molecular formula is C12H16F2N2O. The summed E-state index contributed by atoms with van der Waals surface area (Å²) >= 11 is 0. The van der Waals surface area contributed by atoms with E-state index in [4.69, 9.17) is 5.73 Å². The van der Waals surface area contributed by atoms with E-state index in [0.29, 0.717) is 12.6 Å². The molecule has 5 heteroatoms. The monoisotopic (exact) mass is 242 g/mol. The molecule has 0 aliphatic rings. The largest absolute Gasteiger partial charge is 0.396 e. The first-order valence-corrected chi connectivity index (χ1v) is 5.47. The second kappa shape index (κ2) is 5.61. The first kappa shape index (κ1) is 13.4. The van der Waals surface area contributed by atoms with Crippen LogP contribution >= 0.6 is 0 Å². The molecule has 0 bridgehead atoms. The number of carbonyl (C=O) groups excluding carboxylic acids is 1. The number of carbonyl (C=O) groups is 1. The summed E-state index contributed by atoms with van der Waals surface area (Å²) in [5.74, 6) is -2.22. The zero-order valence-corrected chi connectivity index (χ0v) is 9.96. The minimum absolute atomic E-state index is 0.192. The van der Waals surface area contributed by atoms with Gasteiger partial charge < -0.3 is 10.6 Å². The van der Waals surface area contributed by atoms with Gasteiger partial charge in [-0.05, 0) is 12.5 Å². The zero-order chi connectivity index (χ0) is 13.0. The van der Waals surface area contributed by atoms with Crippen LogP contribution in [-0.2, 0) is 0 Å². The molecule has 1 aromatic rings. The van der Waals surface area contributed by atoms with Crippen molar-refractivity contribution < 1.29 is 13.6 Å². The topological polar surface area (TPSA) is 46.3 Å². The normalized spacial score (nSPS) is 10.4. The molecule has 0 aliphatic carbocycles. The molecule has 0 unspecified atom stereocenters. The van der Waals surface area contributed by atoms with E-state index in [0.717, 1.165) is 18.9 Å². The summed E-state index contributed by atoms with van der Waals surface area (Å²) < 4.78 is 26.4. The highest BCUT2D eigenvalue weighted by Gasteiger charge is 2.18. The van der Waals surface area contributed by atoms with Gasteiger partial charge in [0.15, 0.2) is 0 Å². The Balaban J connectivity index is 2.92. The third-order valence-electron chi connectivity index (χ3n) is 2.51. The Kier molecular flexibility index (Phi) is 4.43. The molecular weight excluding hydrogens is 226 g/mol. The number of anilines is 1. The fraction of sp³-hybridized carbons (Fsp3) is 0.417. The van der Waals surface area contributed by atoms with Crippen molar-refractivity contribution >= 4 is 11.6 Å². The number of unbranched alkanes of at least 4 members (excludes halogenated alkanes) is 1. The molecule has 17 heavy (non-hydrogen) atoms. The standard InChI is InChI=1S/C12H16F2N2O/c1-3-4-5-16(2)12(17)8-6-11(15)10(14)7-9(8)13/h6-7H,3-5,15H2,1-2H3. The molecule has 1 rings (SSSR count). The highest BCUT2D eigenvalue weighted by Crippen LogP contribution is 2.18. The van der Waals surface area contributed by atoms with Gasteiger partial charge in [0.05, 0.1) is 11.3 Å². The summed E-state index contributed by atoms with van der Waals surface area (Å²) in [7, 11) is 1.58. The van der Waals surface area contributed by atoms with Crippen molar-refractivity contribution in [3.8, 4) is 0 Å². The second-order valence-corrected chi connectivity index (χ2v) is 3.93. The average molecular weight is 242 g/mol. The Morgan fingerprint density at radius 3 is 2.59 bits per heavy atom. The van der Waals surface area contributed by atoms with Gasteiger partial charge in [0.25, 0.3) is 5.91 Å². The number of nitrogens with zero attached hydrogens (tertiary/aromatic N) is 1. The summed E-state index contributed by atoms with van der Waals surface area (Å²) in [5, 5.41) is 0. The summed E-state index contributed by atoms with van der Waals surface area (Å²) in [6, 6.07) is 1.67. The number of nitrogens with two attached hydrogens (primary N) is 1. The number of rotatable bonds is 4. The summed E-state index contributed by atoms with van der Waals surface area (Å²) in [6.07, 6.45) is 1.77. The molecule has 0 aliphatic heterocycles. The Labute approximate surface area is 99.2 Å². The zero-order valence-electron chi connectivity index (χ0n) is 9.96. The van der Waals surface area contributed by atoms with E-state index in [1.807, 2.05) is 6.92 Å². The lowest BCUT2D eigenvalue weighted by Crippen LogP contribution is -2.28. The van der Waals surface area contributed by atoms with Gasteiger partial charge in [0.2, 0.25) is 0 Å². The van der Waals surface area contributed by atoms with Gasteiger partial charge in [-0.25, -0.2) is 8.78 Å². The van der Waals surface area contributed by atoms with Crippen molar-refractivity contribution in [1.29, 1.82) is 0 Å². The molecule has 3 nitrogen and oxygen atoms in total. The Morgan fingerprint density at radius 1 is 1.35 bits per heavy atom. The number of hydrogen-bond donors (Lipinski definition) is 1. The maximum absolute atomic E-state index is 13.4. The lowest BCUT2D eigenvalue weighted by molar-refractivity contribution is 0.0788. The van der Waals surface area contributed by atoms with Crippen LogP contribution in [0.25, 0.3) is 0 Å². The highest BCUT2D eigenvalue weighted by atomic mass is 19.1. The van der Waals surface area contributed by atoms with Gasteiger partial charge in [-0.1, -0.05) is 13.3 Å². The van der Waals surface area contributed by atoms with Crippen LogP contribution in [0.1, 0.15) is 30.1 Å². The molecule has 0 heterocycles. The number of halogens is 2. The Morgan fingerprint density at radius 2 is 2.00 bits per heavy atom. The molecule has 0 aromatic heterocycles. The Bertz CT molecular complexity index is 421. The maximum atomic E-state index is 13.4. The third-order valence-corrected chi connectivity index (χ3v) is 2.51. The molecule has 1 amide bonds. The van der Waals surface area contributed by atoms with Crippen molar-refractivity contribution in [1.82, 2.24) is 4.90 Å². The van der Waals surface area contributed by atoms with Gasteiger partial charge in [-0.15, -0.1) is 0 Å². The molecule has 0 saturated carbocycles. The number of hydrogen-bond acceptors (Lipinski definition) is 2. The van der Waals surface area contributed by atoms with Gasteiger partial charge in [0, 0.05) is 19.7 Å². The molecule has 0 spiro atoms. The van der Waals surface area contributed by atoms with Crippen LogP contribution < -0.4 is 5.73 Å². The van der Waals surface area contributed by atoms with E-state index in [9.17, 15) is 13.6 Å². The van der Waals surface area contributed by atoms with E-state index >= 15 is 0 Å². The predicted molar refractivity (Wildman–Crippen MR) is 62.6 cm³/mol. The summed E-state index contributed by atoms with van der Waals surface area (Å²) in [5.41, 5.74) is 4.90. The van der Waals surface area contributed by atoms with Crippen molar-refractivity contribution in [2.45, 2.75) is 19.8 Å². The van der Waals surface area contributed by atoms with E-state index in [-0.39, 0.29) is 11.3 Å². The fourth-order valence-corrected chi connectivity index (χ4v) is 1.43. The summed E-state index contributed by atoms with van der Waals surface area (Å²) in [4.78, 5) is 13.2. The van der Waals surface area contributed by atoms with Gasteiger partial charge in [0.1, 0.15) is 11.6 Å². The summed E-state index contributed by atoms with van der Waals surface area (Å²) in [6.45, 7) is 2.53. The van der Waals surface area contributed by atoms with Crippen LogP contribution in [0, 0.1) is 11.6 Å². The maximum Gasteiger partial charge on any atom is 0.256 e. The molecule has 0 atom stereocenters. The fourth-order valence-electron chi connectivity index (χ4n) is 1.43. The molecule has 0 fully saturated rings. The van der Waals surface area contributed by atoms with Crippen LogP contribution in [0.2, 0.25) is 0 Å². The van der Waals surface area contributed by atoms with Crippen LogP contribution in [0.3, 0.4) is 0 Å². The van der Waals surface area contributed by atoms with Crippen molar-refractivity contribution in [3.63, 3.8) is 0 Å². The first-order valence-electron chi connectivity index (χ1n) is 5.47. The van der Waals surface area contributed by atoms with Crippen LogP contribution in [0.5, 0.6) is 0 Å². The Hall–Kier alpha value is -1.65. The van der Waals surface area contributed by atoms with Crippen molar-refractivity contribution in [2.75, 3.05) is 19.3 Å². The van der Waals surface area contributed by atoms with Crippen LogP contribution in [-0.4, -0.2) is 24.4 Å². The van der Waals surface area contributed by atoms with Crippen molar-refractivity contribution in [3.05, 3.63) is 29.3 Å². The number of amides is 1. The van der Waals surface area contributed by atoms with Crippen molar-refractivity contribution in [2.24, 2.45) is 0 Å². The number of benzene rings is 1. The van der Waals surface area contributed by atoms with E-state index in [2.05, 4.69) is 0 Å². The smallest absolute Gasteiger partial charge is 0.256 e. The second-order valence-electron chi connectivity index (χ2n) is 3.93. The first-order chi connectivity index (χ1) is 7.97. The molecule has 1 aromatic carbocycles. The molecule has 0 saturated heterocycles. The van der Waals surface area contributed by atoms with E-state index in [1.54, 1.807) is 7.05 Å². The lowest BCUT2D eigenvalue weighted by Gasteiger charge is -2.17. The average Bonchev–Trinajstić information content (AvgIpc) is 2.29. The predicted octanol–water partition coefficient (Wildman–Crippen LogP) is 2.42. The number of nitrogen functional groups attached to an aromatic ring is 1. The van der Waals surface area contributed by atoms with E-state index in [1.165, 1.54) is 4.90 Å². The SMILES string of the molecule is CCCCN(C)C(=O)c1cc(N)c(F)cc1F.